The van der Waals surface area contributed by atoms with Crippen molar-refractivity contribution in [1.82, 2.24) is 4.90 Å². The summed E-state index contributed by atoms with van der Waals surface area (Å²) >= 11 is 0. The van der Waals surface area contributed by atoms with Gasteiger partial charge >= 0.3 is 0 Å². The summed E-state index contributed by atoms with van der Waals surface area (Å²) < 4.78 is 0. The maximum atomic E-state index is 12.4. The van der Waals surface area contributed by atoms with Gasteiger partial charge in [0.25, 0.3) is 11.6 Å². The number of rotatable bonds is 5. The summed E-state index contributed by atoms with van der Waals surface area (Å²) in [5.41, 5.74) is -0.725. The lowest BCUT2D eigenvalue weighted by molar-refractivity contribution is -0.385. The maximum Gasteiger partial charge on any atom is 0.285 e. The minimum atomic E-state index is -1.05. The minimum absolute atomic E-state index is 0.0566. The van der Waals surface area contributed by atoms with Gasteiger partial charge in [0.2, 0.25) is 0 Å². The minimum Gasteiger partial charge on any atom is -0.389 e. The van der Waals surface area contributed by atoms with Crippen molar-refractivity contribution in [2.24, 2.45) is 0 Å². The van der Waals surface area contributed by atoms with Gasteiger partial charge in [-0.1, -0.05) is 12.1 Å². The van der Waals surface area contributed by atoms with E-state index in [1.54, 1.807) is 39.8 Å². The van der Waals surface area contributed by atoms with Crippen molar-refractivity contribution >= 4 is 11.6 Å². The first-order valence-electron chi connectivity index (χ1n) is 6.43. The Balaban J connectivity index is 3.20. The summed E-state index contributed by atoms with van der Waals surface area (Å²) in [6, 6.07) is 4.66. The zero-order chi connectivity index (χ0) is 15.5. The molecule has 1 aromatic carbocycles. The molecule has 0 bridgehead atoms. The lowest BCUT2D eigenvalue weighted by Crippen LogP contribution is -2.42. The molecule has 1 amide bonds. The molecular weight excluding hydrogens is 260 g/mol. The van der Waals surface area contributed by atoms with Gasteiger partial charge in [-0.2, -0.15) is 0 Å². The largest absolute Gasteiger partial charge is 0.389 e. The van der Waals surface area contributed by atoms with Crippen LogP contribution in [-0.4, -0.2) is 39.5 Å². The number of nitro benzene ring substituents is 1. The Hall–Kier alpha value is -1.95. The van der Waals surface area contributed by atoms with Crippen molar-refractivity contribution in [3.63, 3.8) is 0 Å². The van der Waals surface area contributed by atoms with E-state index in [0.29, 0.717) is 12.1 Å². The summed E-state index contributed by atoms with van der Waals surface area (Å²) in [7, 11) is 0. The summed E-state index contributed by atoms with van der Waals surface area (Å²) in [4.78, 5) is 24.4. The number of aliphatic hydroxyl groups is 1. The third-order valence-corrected chi connectivity index (χ3v) is 2.90. The number of carbonyl (C=O) groups excluding carboxylic acids is 1. The fourth-order valence-electron chi connectivity index (χ4n) is 2.04. The molecule has 0 radical (unpaired) electrons. The molecule has 1 aromatic rings. The average molecular weight is 280 g/mol. The molecule has 0 unspecified atom stereocenters. The molecule has 0 spiro atoms. The second-order valence-corrected chi connectivity index (χ2v) is 5.36. The van der Waals surface area contributed by atoms with Gasteiger partial charge in [-0.05, 0) is 33.8 Å². The molecule has 0 heterocycles. The van der Waals surface area contributed by atoms with Crippen molar-refractivity contribution in [1.29, 1.82) is 0 Å². The zero-order valence-electron chi connectivity index (χ0n) is 12.2. The molecule has 0 aliphatic rings. The fourth-order valence-corrected chi connectivity index (χ4v) is 2.04. The number of carbonyl (C=O) groups is 1. The summed E-state index contributed by atoms with van der Waals surface area (Å²) in [5, 5.41) is 20.9. The first-order chi connectivity index (χ1) is 9.17. The number of nitro groups is 1. The molecule has 0 aromatic heterocycles. The highest BCUT2D eigenvalue weighted by Gasteiger charge is 2.28. The van der Waals surface area contributed by atoms with Gasteiger partial charge in [0.15, 0.2) is 0 Å². The average Bonchev–Trinajstić information content (AvgIpc) is 2.33. The van der Waals surface area contributed by atoms with E-state index in [9.17, 15) is 20.0 Å². The van der Waals surface area contributed by atoms with E-state index >= 15 is 0 Å². The van der Waals surface area contributed by atoms with Crippen LogP contribution in [0.25, 0.3) is 0 Å². The molecule has 0 aliphatic heterocycles. The highest BCUT2D eigenvalue weighted by molar-refractivity contribution is 5.98. The fraction of sp³-hybridized carbons (Fsp3) is 0.500. The lowest BCUT2D eigenvalue weighted by atomic mass is 10.1. The van der Waals surface area contributed by atoms with Crippen LogP contribution >= 0.6 is 0 Å². The molecule has 1 rings (SSSR count). The van der Waals surface area contributed by atoms with Gasteiger partial charge in [0, 0.05) is 18.7 Å². The van der Waals surface area contributed by atoms with Crippen molar-refractivity contribution < 1.29 is 14.8 Å². The molecule has 1 N–H and O–H groups in total. The topological polar surface area (TPSA) is 83.7 Å². The zero-order valence-corrected chi connectivity index (χ0v) is 12.2. The van der Waals surface area contributed by atoms with E-state index in [1.807, 2.05) is 0 Å². The number of benzene rings is 1. The molecular formula is C14H20N2O4. The van der Waals surface area contributed by atoms with Crippen LogP contribution in [0.1, 0.15) is 36.7 Å². The Morgan fingerprint density at radius 3 is 2.50 bits per heavy atom. The predicted molar refractivity (Wildman–Crippen MR) is 75.7 cm³/mol. The van der Waals surface area contributed by atoms with Crippen LogP contribution in [0.4, 0.5) is 5.69 Å². The Morgan fingerprint density at radius 1 is 1.45 bits per heavy atom. The van der Waals surface area contributed by atoms with E-state index in [-0.39, 0.29) is 17.8 Å². The first-order valence-corrected chi connectivity index (χ1v) is 6.43. The number of para-hydroxylation sites is 1. The van der Waals surface area contributed by atoms with Crippen LogP contribution < -0.4 is 0 Å². The first kappa shape index (κ1) is 16.1. The third-order valence-electron chi connectivity index (χ3n) is 2.90. The van der Waals surface area contributed by atoms with Crippen molar-refractivity contribution in [3.05, 3.63) is 39.4 Å². The maximum absolute atomic E-state index is 12.4. The van der Waals surface area contributed by atoms with Gasteiger partial charge in [0.1, 0.15) is 5.56 Å². The van der Waals surface area contributed by atoms with Gasteiger partial charge in [-0.25, -0.2) is 0 Å². The van der Waals surface area contributed by atoms with Crippen LogP contribution in [0.2, 0.25) is 0 Å². The molecule has 0 fully saturated rings. The summed E-state index contributed by atoms with van der Waals surface area (Å²) in [6.45, 7) is 7.04. The quantitative estimate of drug-likeness (QED) is 0.661. The van der Waals surface area contributed by atoms with Crippen LogP contribution in [0.5, 0.6) is 0 Å². The Morgan fingerprint density at radius 2 is 2.05 bits per heavy atom. The number of aryl methyl sites for hydroxylation is 1. The molecule has 0 aliphatic carbocycles. The number of nitrogens with zero attached hydrogens (tertiary/aromatic N) is 2. The summed E-state index contributed by atoms with van der Waals surface area (Å²) in [5.74, 6) is -0.440. The normalized spacial score (nSPS) is 11.2. The Bertz CT molecular complexity index is 520. The number of hydrogen-bond acceptors (Lipinski definition) is 4. The van der Waals surface area contributed by atoms with E-state index in [4.69, 9.17) is 0 Å². The second kappa shape index (κ2) is 6.00. The standard InChI is InChI=1S/C14H20N2O4/c1-5-15(9-14(3,4)18)13(17)11-8-6-7-10(2)12(11)16(19)20/h6-8,18H,5,9H2,1-4H3. The van der Waals surface area contributed by atoms with Gasteiger partial charge < -0.3 is 10.0 Å². The van der Waals surface area contributed by atoms with Crippen molar-refractivity contribution in [2.45, 2.75) is 33.3 Å². The lowest BCUT2D eigenvalue weighted by Gasteiger charge is -2.28. The third kappa shape index (κ3) is 3.77. The SMILES string of the molecule is CCN(CC(C)(C)O)C(=O)c1cccc(C)c1[N+](=O)[O-]. The number of amides is 1. The van der Waals surface area contributed by atoms with E-state index in [1.165, 1.54) is 11.0 Å². The van der Waals surface area contributed by atoms with Crippen LogP contribution in [-0.2, 0) is 0 Å². The van der Waals surface area contributed by atoms with Gasteiger partial charge in [-0.3, -0.25) is 14.9 Å². The highest BCUT2D eigenvalue weighted by atomic mass is 16.6. The smallest absolute Gasteiger partial charge is 0.285 e. The number of hydrogen-bond donors (Lipinski definition) is 1. The summed E-state index contributed by atoms with van der Waals surface area (Å²) in [6.07, 6.45) is 0. The van der Waals surface area contributed by atoms with Gasteiger partial charge in [-0.15, -0.1) is 0 Å². The van der Waals surface area contributed by atoms with Gasteiger partial charge in [0.05, 0.1) is 10.5 Å². The monoisotopic (exact) mass is 280 g/mol. The molecule has 110 valence electrons. The van der Waals surface area contributed by atoms with Crippen LogP contribution in [0.3, 0.4) is 0 Å². The molecule has 20 heavy (non-hydrogen) atoms. The number of likely N-dealkylation sites (N-methyl/N-ethyl adjacent to an activating group) is 1. The Labute approximate surface area is 118 Å². The second-order valence-electron chi connectivity index (χ2n) is 5.36. The highest BCUT2D eigenvalue weighted by Crippen LogP contribution is 2.24. The predicted octanol–water partition coefficient (Wildman–Crippen LogP) is 2.14. The van der Waals surface area contributed by atoms with Crippen LogP contribution in [0, 0.1) is 17.0 Å². The van der Waals surface area contributed by atoms with Crippen molar-refractivity contribution in [3.8, 4) is 0 Å². The van der Waals surface area contributed by atoms with E-state index in [0.717, 1.165) is 0 Å². The molecule has 0 saturated carbocycles. The van der Waals surface area contributed by atoms with E-state index in [2.05, 4.69) is 0 Å². The molecule has 0 atom stereocenters. The molecule has 6 heteroatoms. The Kier molecular flexibility index (Phi) is 4.83. The molecule has 0 saturated heterocycles. The molecule has 6 nitrogen and oxygen atoms in total. The van der Waals surface area contributed by atoms with Crippen LogP contribution in [0.15, 0.2) is 18.2 Å². The van der Waals surface area contributed by atoms with Crippen molar-refractivity contribution in [2.75, 3.05) is 13.1 Å². The van der Waals surface area contributed by atoms with E-state index < -0.39 is 16.4 Å².